The number of amides is 2. The van der Waals surface area contributed by atoms with E-state index < -0.39 is 36.9 Å². The Hall–Kier alpha value is -3.15. The van der Waals surface area contributed by atoms with Crippen molar-refractivity contribution in [3.05, 3.63) is 46.2 Å². The molecule has 53 heavy (non-hydrogen) atoms. The number of aromatic nitrogens is 2. The molecule has 2 heterocycles. The van der Waals surface area contributed by atoms with E-state index in [4.69, 9.17) is 28.2 Å². The summed E-state index contributed by atoms with van der Waals surface area (Å²) in [6.45, 7) is 6.71. The molecule has 1 aromatic carbocycles. The summed E-state index contributed by atoms with van der Waals surface area (Å²) in [7, 11) is 2.07. The summed E-state index contributed by atoms with van der Waals surface area (Å²) in [4.78, 5) is 40.5. The van der Waals surface area contributed by atoms with Crippen LogP contribution in [0, 0.1) is 12.8 Å². The first-order valence-corrected chi connectivity index (χ1v) is 19.1. The van der Waals surface area contributed by atoms with Crippen LogP contribution in [0.25, 0.3) is 0 Å². The summed E-state index contributed by atoms with van der Waals surface area (Å²) in [5, 5.41) is 52.7. The minimum Gasteiger partial charge on any atom is -0.394 e. The third-order valence-corrected chi connectivity index (χ3v) is 10.4. The van der Waals surface area contributed by atoms with E-state index in [0.29, 0.717) is 39.3 Å². The first kappa shape index (κ1) is 44.2. The van der Waals surface area contributed by atoms with Crippen LogP contribution in [0.15, 0.2) is 24.3 Å². The number of anilines is 2. The number of hydrogen-bond donors (Lipinski definition) is 8. The molecule has 0 radical (unpaired) electrons. The number of aliphatic hydroxyl groups is 5. The van der Waals surface area contributed by atoms with Gasteiger partial charge in [-0.15, -0.1) is 0 Å². The number of aliphatic hydroxyl groups excluding tert-OH is 5. The number of hydrogen-bond acceptors (Lipinski definition) is 13. The number of aryl methyl sites for hydroxylation is 1. The van der Waals surface area contributed by atoms with Gasteiger partial charge in [-0.1, -0.05) is 62.1 Å². The number of nitrogens with one attached hydrogen (secondary N) is 1. The summed E-state index contributed by atoms with van der Waals surface area (Å²) in [5.74, 6) is -0.555. The highest BCUT2D eigenvalue weighted by molar-refractivity contribution is 6.31. The zero-order chi connectivity index (χ0) is 39.1. The van der Waals surface area contributed by atoms with Gasteiger partial charge in [0, 0.05) is 51.7 Å². The van der Waals surface area contributed by atoms with Gasteiger partial charge < -0.3 is 57.0 Å². The van der Waals surface area contributed by atoms with E-state index in [1.807, 2.05) is 21.9 Å². The van der Waals surface area contributed by atoms with E-state index in [1.54, 1.807) is 0 Å². The summed E-state index contributed by atoms with van der Waals surface area (Å²) in [6, 6.07) is 8.41. The summed E-state index contributed by atoms with van der Waals surface area (Å²) in [5.41, 5.74) is 13.9. The van der Waals surface area contributed by atoms with Crippen LogP contribution >= 0.6 is 11.6 Å². The maximum atomic E-state index is 13.4. The Morgan fingerprint density at radius 1 is 0.981 bits per heavy atom. The monoisotopic (exact) mass is 764 g/mol. The topological polar surface area (TPSA) is 235 Å². The van der Waals surface area contributed by atoms with Gasteiger partial charge in [0.1, 0.15) is 18.3 Å². The van der Waals surface area contributed by atoms with Gasteiger partial charge in [0.2, 0.25) is 5.91 Å². The zero-order valence-electron chi connectivity index (χ0n) is 31.4. The SMILES string of the molecule is CCCCCCN(CCC(=O)N1CCC(N(C)C[C@@H](CNC(=O)c2nc(Cl)c(N)nc2N)Cc2ccccc2C)CC1)C[C@H](O)[C@@H](O)[C@H](O)[C@H](O)CO. The molecule has 0 unspecified atom stereocenters. The van der Waals surface area contributed by atoms with Gasteiger partial charge in [0.25, 0.3) is 5.91 Å². The largest absolute Gasteiger partial charge is 0.394 e. The van der Waals surface area contributed by atoms with Gasteiger partial charge in [-0.05, 0) is 63.2 Å². The van der Waals surface area contributed by atoms with Gasteiger partial charge in [-0.25, -0.2) is 9.97 Å². The number of halogens is 1. The van der Waals surface area contributed by atoms with Gasteiger partial charge in [0.05, 0.1) is 12.7 Å². The number of nitrogens with two attached hydrogens (primary N) is 2. The number of likely N-dealkylation sites (tertiary alicyclic amines) is 1. The Bertz CT molecular complexity index is 1430. The average molecular weight is 765 g/mol. The van der Waals surface area contributed by atoms with Crippen LogP contribution in [0.4, 0.5) is 11.6 Å². The number of nitrogens with zero attached hydrogens (tertiary/aromatic N) is 5. The number of unbranched alkanes of at least 4 members (excludes halogenated alkanes) is 3. The maximum absolute atomic E-state index is 13.4. The number of nitrogen functional groups attached to an aromatic ring is 2. The van der Waals surface area contributed by atoms with Crippen molar-refractivity contribution in [2.24, 2.45) is 5.92 Å². The van der Waals surface area contributed by atoms with Gasteiger partial charge >= 0.3 is 0 Å². The van der Waals surface area contributed by atoms with E-state index in [2.05, 4.69) is 53.2 Å². The second-order valence-electron chi connectivity index (χ2n) is 14.3. The van der Waals surface area contributed by atoms with Crippen LogP contribution in [-0.4, -0.2) is 152 Å². The molecule has 10 N–H and O–H groups in total. The second-order valence-corrected chi connectivity index (χ2v) is 14.7. The fourth-order valence-electron chi connectivity index (χ4n) is 6.80. The lowest BCUT2D eigenvalue weighted by Gasteiger charge is -2.38. The lowest BCUT2D eigenvalue weighted by molar-refractivity contribution is -0.133. The van der Waals surface area contributed by atoms with E-state index in [1.165, 1.54) is 11.1 Å². The molecule has 5 atom stereocenters. The molecule has 16 heteroatoms. The molecule has 0 bridgehead atoms. The average Bonchev–Trinajstić information content (AvgIpc) is 3.15. The molecule has 15 nitrogen and oxygen atoms in total. The quantitative estimate of drug-likeness (QED) is 0.0777. The van der Waals surface area contributed by atoms with Crippen molar-refractivity contribution in [1.29, 1.82) is 0 Å². The molecule has 1 fully saturated rings. The van der Waals surface area contributed by atoms with E-state index in [9.17, 15) is 30.0 Å². The maximum Gasteiger partial charge on any atom is 0.273 e. The van der Waals surface area contributed by atoms with Crippen LogP contribution in [-0.2, 0) is 11.2 Å². The third kappa shape index (κ3) is 13.9. The molecule has 2 amide bonds. The second kappa shape index (κ2) is 22.3. The molecule has 0 spiro atoms. The van der Waals surface area contributed by atoms with Crippen LogP contribution < -0.4 is 16.8 Å². The molecule has 1 aliphatic heterocycles. The van der Waals surface area contributed by atoms with Crippen molar-refractivity contribution in [2.75, 3.05) is 70.9 Å². The molecule has 1 aliphatic rings. The Morgan fingerprint density at radius 2 is 1.66 bits per heavy atom. The normalized spacial score (nSPS) is 16.8. The number of piperidine rings is 1. The van der Waals surface area contributed by atoms with Crippen molar-refractivity contribution in [3.63, 3.8) is 0 Å². The smallest absolute Gasteiger partial charge is 0.273 e. The van der Waals surface area contributed by atoms with Crippen molar-refractivity contribution in [3.8, 4) is 0 Å². The predicted octanol–water partition coefficient (Wildman–Crippen LogP) is 0.823. The highest BCUT2D eigenvalue weighted by Gasteiger charge is 2.32. The number of rotatable bonds is 22. The Balaban J connectivity index is 1.57. The van der Waals surface area contributed by atoms with Crippen LogP contribution in [0.5, 0.6) is 0 Å². The molecular weight excluding hydrogens is 704 g/mol. The molecule has 0 saturated carbocycles. The molecule has 0 aliphatic carbocycles. The van der Waals surface area contributed by atoms with E-state index in [0.717, 1.165) is 44.9 Å². The minimum atomic E-state index is -1.70. The highest BCUT2D eigenvalue weighted by atomic mass is 35.5. The van der Waals surface area contributed by atoms with Gasteiger partial charge in [-0.3, -0.25) is 9.59 Å². The third-order valence-electron chi connectivity index (χ3n) is 10.2. The van der Waals surface area contributed by atoms with E-state index in [-0.39, 0.29) is 53.3 Å². The molecule has 2 aromatic rings. The summed E-state index contributed by atoms with van der Waals surface area (Å²) >= 11 is 6.01. The fourth-order valence-corrected chi connectivity index (χ4v) is 6.92. The Morgan fingerprint density at radius 3 is 2.32 bits per heavy atom. The zero-order valence-corrected chi connectivity index (χ0v) is 32.2. The Labute approximate surface area is 318 Å². The van der Waals surface area contributed by atoms with E-state index >= 15 is 0 Å². The highest BCUT2D eigenvalue weighted by Crippen LogP contribution is 2.21. The number of carbonyl (C=O) groups excluding carboxylic acids is 2. The number of benzene rings is 1. The molecule has 1 saturated heterocycles. The molecule has 3 rings (SSSR count). The van der Waals surface area contributed by atoms with Crippen molar-refractivity contribution >= 4 is 35.1 Å². The molecule has 1 aromatic heterocycles. The lowest BCUT2D eigenvalue weighted by atomic mass is 9.94. The van der Waals surface area contributed by atoms with Crippen LogP contribution in [0.3, 0.4) is 0 Å². The minimum absolute atomic E-state index is 0.0146. The van der Waals surface area contributed by atoms with Crippen molar-refractivity contribution < 1.29 is 35.1 Å². The van der Waals surface area contributed by atoms with Crippen LogP contribution in [0.1, 0.15) is 73.5 Å². The number of carbonyl (C=O) groups is 2. The van der Waals surface area contributed by atoms with Crippen molar-refractivity contribution in [2.45, 2.75) is 95.7 Å². The van der Waals surface area contributed by atoms with Gasteiger partial charge in [-0.2, -0.15) is 0 Å². The fraction of sp³-hybridized carbons (Fsp3) is 0.676. The summed E-state index contributed by atoms with van der Waals surface area (Å²) < 4.78 is 0. The first-order valence-electron chi connectivity index (χ1n) is 18.7. The molecule has 298 valence electrons. The summed E-state index contributed by atoms with van der Waals surface area (Å²) in [6.07, 6.45) is 0.244. The van der Waals surface area contributed by atoms with Crippen LogP contribution in [0.2, 0.25) is 5.15 Å². The Kier molecular flexibility index (Phi) is 18.6. The van der Waals surface area contributed by atoms with Gasteiger partial charge in [0.15, 0.2) is 22.5 Å². The molecular formula is C37H61ClN8O7. The van der Waals surface area contributed by atoms with Crippen molar-refractivity contribution in [1.82, 2.24) is 30.0 Å². The predicted molar refractivity (Wildman–Crippen MR) is 205 cm³/mol. The first-order chi connectivity index (χ1) is 25.2. The standard InChI is InChI=1S/C37H61ClN8O7/c1-4-5-6-9-15-45(22-28(48)32(51)33(52)29(49)23-47)16-14-30(50)46-17-12-27(13-18-46)44(3)21-25(19-26-11-8-7-10-24(26)2)20-41-37(53)31-35(39)43-36(40)34(38)42-31/h7-8,10-11,25,27-29,32-33,47-49,51-52H,4-6,9,12-23H2,1-3H3,(H,41,53)(H4,39,40,43)/t25-,28+,29-,32-,33-/m1/s1. The lowest BCUT2D eigenvalue weighted by Crippen LogP contribution is -2.50.